The van der Waals surface area contributed by atoms with E-state index in [1.807, 2.05) is 50.3 Å². The van der Waals surface area contributed by atoms with Gasteiger partial charge in [-0.05, 0) is 80.3 Å². The van der Waals surface area contributed by atoms with E-state index in [-0.39, 0.29) is 24.6 Å². The van der Waals surface area contributed by atoms with E-state index in [2.05, 4.69) is 10.6 Å². The Morgan fingerprint density at radius 3 is 2.64 bits per heavy atom. The zero-order chi connectivity index (χ0) is 25.2. The van der Waals surface area contributed by atoms with Crippen molar-refractivity contribution >= 4 is 17.5 Å². The molecule has 2 aliphatic carbocycles. The molecule has 4 atom stereocenters. The number of benzene rings is 2. The van der Waals surface area contributed by atoms with Crippen LogP contribution in [0.25, 0.3) is 0 Å². The molecule has 7 heteroatoms. The lowest BCUT2D eigenvalue weighted by Gasteiger charge is -2.33. The minimum Gasteiger partial charge on any atom is -0.469 e. The number of nitrogens with zero attached hydrogens (tertiary/aromatic N) is 1. The van der Waals surface area contributed by atoms with Crippen LogP contribution in [-0.4, -0.2) is 30.5 Å². The van der Waals surface area contributed by atoms with Crippen molar-refractivity contribution in [2.45, 2.75) is 51.2 Å². The largest absolute Gasteiger partial charge is 0.469 e. The first-order valence-corrected chi connectivity index (χ1v) is 12.6. The minimum atomic E-state index is -0.965. The number of hydrogen-bond donors (Lipinski definition) is 2. The van der Waals surface area contributed by atoms with E-state index in [4.69, 9.17) is 4.74 Å². The summed E-state index contributed by atoms with van der Waals surface area (Å²) in [6.07, 6.45) is 8.77. The van der Waals surface area contributed by atoms with Crippen LogP contribution in [0.3, 0.4) is 0 Å². The van der Waals surface area contributed by atoms with E-state index in [1.165, 1.54) is 23.5 Å². The molecule has 2 aromatic rings. The topological polar surface area (TPSA) is 70.7 Å². The van der Waals surface area contributed by atoms with Crippen molar-refractivity contribution in [1.29, 1.82) is 0 Å². The first kappa shape index (κ1) is 24.1. The minimum absolute atomic E-state index is 0.0718. The molecule has 2 aromatic carbocycles. The summed E-state index contributed by atoms with van der Waals surface area (Å²) in [4.78, 5) is 29.0. The highest BCUT2D eigenvalue weighted by atomic mass is 19.1. The van der Waals surface area contributed by atoms with Gasteiger partial charge in [-0.2, -0.15) is 0 Å². The Balaban J connectivity index is 1.47. The van der Waals surface area contributed by atoms with Crippen molar-refractivity contribution < 1.29 is 18.7 Å². The van der Waals surface area contributed by atoms with E-state index < -0.39 is 17.8 Å². The van der Waals surface area contributed by atoms with Crippen LogP contribution in [-0.2, 0) is 14.3 Å². The van der Waals surface area contributed by atoms with Gasteiger partial charge >= 0.3 is 0 Å². The van der Waals surface area contributed by atoms with Gasteiger partial charge in [0.05, 0.1) is 0 Å². The van der Waals surface area contributed by atoms with Gasteiger partial charge in [-0.15, -0.1) is 0 Å². The quantitative estimate of drug-likeness (QED) is 0.572. The van der Waals surface area contributed by atoms with Crippen LogP contribution >= 0.6 is 0 Å². The monoisotopic (exact) mass is 489 g/mol. The third-order valence-electron chi connectivity index (χ3n) is 7.30. The summed E-state index contributed by atoms with van der Waals surface area (Å²) < 4.78 is 20.1. The van der Waals surface area contributed by atoms with Crippen molar-refractivity contribution in [2.24, 2.45) is 11.8 Å². The Morgan fingerprint density at radius 1 is 1.14 bits per heavy atom. The number of halogens is 1. The van der Waals surface area contributed by atoms with Crippen LogP contribution in [0.2, 0.25) is 0 Å². The summed E-state index contributed by atoms with van der Waals surface area (Å²) in [5.74, 6) is 0.688. The molecule has 36 heavy (non-hydrogen) atoms. The number of anilines is 1. The molecule has 0 radical (unpaired) electrons. The Bertz CT molecular complexity index is 1200. The Kier molecular flexibility index (Phi) is 6.81. The first-order valence-electron chi connectivity index (χ1n) is 12.6. The molecule has 0 saturated heterocycles. The van der Waals surface area contributed by atoms with Gasteiger partial charge in [0, 0.05) is 17.8 Å². The highest BCUT2D eigenvalue weighted by Gasteiger charge is 2.47. The summed E-state index contributed by atoms with van der Waals surface area (Å²) in [5, 5.41) is 6.35. The van der Waals surface area contributed by atoms with Crippen LogP contribution in [0.4, 0.5) is 10.1 Å². The van der Waals surface area contributed by atoms with Gasteiger partial charge in [0.1, 0.15) is 11.9 Å². The predicted octanol–water partition coefficient (Wildman–Crippen LogP) is 4.53. The van der Waals surface area contributed by atoms with E-state index in [1.54, 1.807) is 18.2 Å². The van der Waals surface area contributed by atoms with Crippen molar-refractivity contribution in [3.05, 3.63) is 89.6 Å². The van der Waals surface area contributed by atoms with Crippen LogP contribution in [0.5, 0.6) is 0 Å². The fraction of sp³-hybridized carbons (Fsp3) is 0.379. The number of rotatable bonds is 8. The molecule has 2 saturated carbocycles. The second-order valence-electron chi connectivity index (χ2n) is 10.1. The first-order chi connectivity index (χ1) is 17.4. The smallest absolute Gasteiger partial charge is 0.265 e. The SMILES string of the molecule is Cc1ccccc1C(C(=O)NC1CC2CC2C1)N(C(=O)COC1=CC=CC(C)N1)c1cccc(F)c1. The van der Waals surface area contributed by atoms with Crippen LogP contribution in [0, 0.1) is 24.6 Å². The molecular weight excluding hydrogens is 457 g/mol. The van der Waals surface area contributed by atoms with Crippen LogP contribution < -0.4 is 15.5 Å². The third-order valence-corrected chi connectivity index (χ3v) is 7.30. The van der Waals surface area contributed by atoms with Gasteiger partial charge in [-0.25, -0.2) is 4.39 Å². The average Bonchev–Trinajstić information content (AvgIpc) is 3.47. The number of nitrogens with one attached hydrogen (secondary N) is 2. The summed E-state index contributed by atoms with van der Waals surface area (Å²) in [6, 6.07) is 12.5. The molecule has 2 amide bonds. The predicted molar refractivity (Wildman–Crippen MR) is 136 cm³/mol. The zero-order valence-corrected chi connectivity index (χ0v) is 20.6. The summed E-state index contributed by atoms with van der Waals surface area (Å²) >= 11 is 0. The van der Waals surface area contributed by atoms with E-state index >= 15 is 0 Å². The number of carbonyl (C=O) groups excluding carboxylic acids is 2. The lowest BCUT2D eigenvalue weighted by atomic mass is 9.97. The molecule has 5 rings (SSSR count). The summed E-state index contributed by atoms with van der Waals surface area (Å²) in [7, 11) is 0. The van der Waals surface area contributed by atoms with Crippen molar-refractivity contribution in [3.63, 3.8) is 0 Å². The molecular formula is C29H32FN3O3. The maximum atomic E-state index is 14.3. The zero-order valence-electron chi connectivity index (χ0n) is 20.6. The van der Waals surface area contributed by atoms with Gasteiger partial charge in [0.2, 0.25) is 5.91 Å². The number of fused-ring (bicyclic) bond motifs is 1. The highest BCUT2D eigenvalue weighted by molar-refractivity contribution is 6.02. The lowest BCUT2D eigenvalue weighted by Crippen LogP contribution is -2.48. The fourth-order valence-electron chi connectivity index (χ4n) is 5.40. The van der Waals surface area contributed by atoms with Crippen LogP contribution in [0.1, 0.15) is 43.4 Å². The number of hydrogen-bond acceptors (Lipinski definition) is 4. The van der Waals surface area contributed by atoms with Gasteiger partial charge in [0.25, 0.3) is 5.91 Å². The van der Waals surface area contributed by atoms with Gasteiger partial charge in [-0.3, -0.25) is 14.5 Å². The maximum absolute atomic E-state index is 14.3. The fourth-order valence-corrected chi connectivity index (χ4v) is 5.40. The number of carbonyl (C=O) groups is 2. The summed E-state index contributed by atoms with van der Waals surface area (Å²) in [6.45, 7) is 3.58. The Hall–Kier alpha value is -3.61. The highest BCUT2D eigenvalue weighted by Crippen LogP contribution is 2.51. The molecule has 6 nitrogen and oxygen atoms in total. The second-order valence-corrected chi connectivity index (χ2v) is 10.1. The molecule has 188 valence electrons. The van der Waals surface area contributed by atoms with E-state index in [0.717, 1.165) is 18.4 Å². The molecule has 0 spiro atoms. The molecule has 0 bridgehead atoms. The van der Waals surface area contributed by atoms with Gasteiger partial charge < -0.3 is 15.4 Å². The molecule has 2 fully saturated rings. The van der Waals surface area contributed by atoms with Crippen molar-refractivity contribution in [1.82, 2.24) is 10.6 Å². The molecule has 1 heterocycles. The normalized spacial score (nSPS) is 24.7. The molecule has 4 unspecified atom stereocenters. The van der Waals surface area contributed by atoms with E-state index in [0.29, 0.717) is 29.0 Å². The van der Waals surface area contributed by atoms with Gasteiger partial charge in [-0.1, -0.05) is 42.5 Å². The molecule has 1 aliphatic heterocycles. The number of ether oxygens (including phenoxy) is 1. The lowest BCUT2D eigenvalue weighted by molar-refractivity contribution is -0.128. The van der Waals surface area contributed by atoms with Crippen LogP contribution in [0.15, 0.2) is 72.6 Å². The average molecular weight is 490 g/mol. The number of allylic oxidation sites excluding steroid dienone is 2. The summed E-state index contributed by atoms with van der Waals surface area (Å²) in [5.41, 5.74) is 1.88. The number of dihydropyridines is 1. The second kappa shape index (κ2) is 10.2. The molecule has 2 N–H and O–H groups in total. The number of aryl methyl sites for hydroxylation is 1. The third kappa shape index (κ3) is 5.30. The van der Waals surface area contributed by atoms with Crippen molar-refractivity contribution in [2.75, 3.05) is 11.5 Å². The maximum Gasteiger partial charge on any atom is 0.265 e. The van der Waals surface area contributed by atoms with Crippen molar-refractivity contribution in [3.8, 4) is 0 Å². The Labute approximate surface area is 211 Å². The molecule has 3 aliphatic rings. The van der Waals surface area contributed by atoms with Gasteiger partial charge in [0.15, 0.2) is 12.5 Å². The number of amides is 2. The standard InChI is InChI=1S/C29H32FN3O3/c1-18-7-3-4-11-25(18)28(29(35)32-23-14-20-13-21(20)15-23)33(24-10-6-9-22(30)16-24)27(34)17-36-26-12-5-8-19(2)31-26/h3-12,16,19-21,23,28,31H,13-15,17H2,1-2H3,(H,32,35). The van der Waals surface area contributed by atoms with E-state index in [9.17, 15) is 14.0 Å². The molecule has 0 aromatic heterocycles. The Morgan fingerprint density at radius 2 is 1.92 bits per heavy atom.